The number of nitrogens with zero attached hydrogens (tertiary/aromatic N) is 2. The van der Waals surface area contributed by atoms with Crippen molar-refractivity contribution in [2.75, 3.05) is 18.1 Å². The van der Waals surface area contributed by atoms with Crippen LogP contribution < -0.4 is 21.5 Å². The average Bonchev–Trinajstić information content (AvgIpc) is 2.67. The molecule has 29 heavy (non-hydrogen) atoms. The maximum Gasteiger partial charge on any atom is 0.256 e. The van der Waals surface area contributed by atoms with Crippen LogP contribution in [0, 0.1) is 12.7 Å². The monoisotopic (exact) mass is 395 g/mol. The van der Waals surface area contributed by atoms with E-state index >= 15 is 0 Å². The predicted molar refractivity (Wildman–Crippen MR) is 105 cm³/mol. The van der Waals surface area contributed by atoms with Gasteiger partial charge in [0.05, 0.1) is 11.9 Å². The van der Waals surface area contributed by atoms with E-state index in [9.17, 15) is 14.0 Å². The van der Waals surface area contributed by atoms with Crippen molar-refractivity contribution in [1.82, 2.24) is 9.88 Å². The first-order chi connectivity index (χ1) is 13.8. The second kappa shape index (κ2) is 7.87. The highest BCUT2D eigenvalue weighted by Crippen LogP contribution is 2.31. The molecule has 0 fully saturated rings. The zero-order chi connectivity index (χ0) is 21.1. The molecule has 5 N–H and O–H groups in total. The molecule has 0 bridgehead atoms. The van der Waals surface area contributed by atoms with E-state index in [2.05, 4.69) is 10.3 Å². The van der Waals surface area contributed by atoms with Crippen molar-refractivity contribution in [2.24, 2.45) is 5.73 Å². The molecule has 0 aliphatic carbocycles. The first-order valence-electron chi connectivity index (χ1n) is 8.47. The minimum Gasteiger partial charge on any atom is -0.455 e. The third-order valence-electron chi connectivity index (χ3n) is 4.16. The number of hydrogen-bond donors (Lipinski definition) is 3. The molecule has 3 rings (SSSR count). The van der Waals surface area contributed by atoms with Gasteiger partial charge in [0, 0.05) is 24.5 Å². The number of benzene rings is 1. The molecule has 0 unspecified atom stereocenters. The van der Waals surface area contributed by atoms with Crippen molar-refractivity contribution in [3.8, 4) is 5.75 Å². The fraction of sp³-hybridized carbons (Fsp3) is 0.100. The molecule has 2 aromatic rings. The number of nitrogen functional groups attached to an aromatic ring is 1. The van der Waals surface area contributed by atoms with Crippen LogP contribution >= 0.6 is 0 Å². The molecule has 0 saturated carbocycles. The second-order valence-corrected chi connectivity index (χ2v) is 6.24. The predicted octanol–water partition coefficient (Wildman–Crippen LogP) is 1.84. The summed E-state index contributed by atoms with van der Waals surface area (Å²) in [6.07, 6.45) is 2.78. The Bertz CT molecular complexity index is 1090. The fourth-order valence-corrected chi connectivity index (χ4v) is 2.66. The third kappa shape index (κ3) is 4.10. The normalized spacial score (nSPS) is 13.7. The maximum absolute atomic E-state index is 14.3. The van der Waals surface area contributed by atoms with Gasteiger partial charge in [-0.2, -0.15) is 0 Å². The summed E-state index contributed by atoms with van der Waals surface area (Å²) in [4.78, 5) is 29.1. The number of likely N-dealkylation sites (N-methyl/N-ethyl adjacent to an activating group) is 1. The number of pyridine rings is 1. The molecule has 8 nitrogen and oxygen atoms in total. The Hall–Kier alpha value is -4.10. The largest absolute Gasteiger partial charge is 0.455 e. The molecule has 1 aliphatic rings. The van der Waals surface area contributed by atoms with Crippen molar-refractivity contribution in [1.29, 1.82) is 0 Å². The maximum atomic E-state index is 14.3. The van der Waals surface area contributed by atoms with Gasteiger partial charge in [-0.25, -0.2) is 9.18 Å². The van der Waals surface area contributed by atoms with Crippen molar-refractivity contribution < 1.29 is 18.7 Å². The highest BCUT2D eigenvalue weighted by Gasteiger charge is 2.30. The van der Waals surface area contributed by atoms with E-state index in [0.717, 1.165) is 11.8 Å². The van der Waals surface area contributed by atoms with Gasteiger partial charge >= 0.3 is 0 Å². The number of nitrogens with one attached hydrogen (secondary N) is 1. The highest BCUT2D eigenvalue weighted by atomic mass is 19.1. The summed E-state index contributed by atoms with van der Waals surface area (Å²) >= 11 is 0. The summed E-state index contributed by atoms with van der Waals surface area (Å²) < 4.78 is 20.0. The number of ether oxygens (including phenoxy) is 1. The molecule has 1 aliphatic heterocycles. The Morgan fingerprint density at radius 2 is 2.07 bits per heavy atom. The number of nitrogens with two attached hydrogens (primary N) is 2. The van der Waals surface area contributed by atoms with Gasteiger partial charge in [-0.05, 0) is 37.3 Å². The lowest BCUT2D eigenvalue weighted by atomic mass is 10.1. The van der Waals surface area contributed by atoms with E-state index in [-0.39, 0.29) is 34.2 Å². The van der Waals surface area contributed by atoms with Crippen LogP contribution in [0.25, 0.3) is 0 Å². The van der Waals surface area contributed by atoms with Gasteiger partial charge in [0.1, 0.15) is 34.4 Å². The van der Waals surface area contributed by atoms with Crippen molar-refractivity contribution in [3.05, 3.63) is 77.0 Å². The van der Waals surface area contributed by atoms with Crippen LogP contribution in [0.1, 0.15) is 5.69 Å². The van der Waals surface area contributed by atoms with Gasteiger partial charge in [-0.15, -0.1) is 0 Å². The first kappa shape index (κ1) is 19.7. The average molecular weight is 395 g/mol. The van der Waals surface area contributed by atoms with Crippen LogP contribution in [-0.4, -0.2) is 28.8 Å². The molecule has 1 aromatic carbocycles. The minimum atomic E-state index is -0.841. The number of anilines is 2. The van der Waals surface area contributed by atoms with Crippen LogP contribution in [0.2, 0.25) is 0 Å². The lowest BCUT2D eigenvalue weighted by Crippen LogP contribution is -2.33. The van der Waals surface area contributed by atoms with E-state index in [1.807, 2.05) is 6.92 Å². The van der Waals surface area contributed by atoms with E-state index in [4.69, 9.17) is 16.2 Å². The van der Waals surface area contributed by atoms with Gasteiger partial charge in [0.2, 0.25) is 0 Å². The smallest absolute Gasteiger partial charge is 0.256 e. The van der Waals surface area contributed by atoms with Crippen LogP contribution in [0.3, 0.4) is 0 Å². The van der Waals surface area contributed by atoms with Crippen LogP contribution in [-0.2, 0) is 9.59 Å². The molecular formula is C20H18FN5O3. The van der Waals surface area contributed by atoms with Gasteiger partial charge in [-0.3, -0.25) is 9.78 Å². The third-order valence-corrected chi connectivity index (χ3v) is 4.16. The van der Waals surface area contributed by atoms with E-state index in [1.165, 1.54) is 36.4 Å². The highest BCUT2D eigenvalue weighted by molar-refractivity contribution is 5.98. The number of hydrogen-bond acceptors (Lipinski definition) is 7. The van der Waals surface area contributed by atoms with Crippen LogP contribution in [0.5, 0.6) is 5.75 Å². The minimum absolute atomic E-state index is 0.00189. The van der Waals surface area contributed by atoms with Gasteiger partial charge in [-0.1, -0.05) is 0 Å². The number of halogens is 1. The number of amides is 1. The summed E-state index contributed by atoms with van der Waals surface area (Å²) in [6.45, 7) is 1.81. The molecule has 0 atom stereocenters. The van der Waals surface area contributed by atoms with Crippen LogP contribution in [0.15, 0.2) is 65.5 Å². The number of primary amides is 1. The summed E-state index contributed by atoms with van der Waals surface area (Å²) in [5.41, 5.74) is 12.1. The number of aryl methyl sites for hydroxylation is 1. The lowest BCUT2D eigenvalue weighted by molar-refractivity contribution is -0.114. The standard InChI is InChI=1S/C20H18FN5O3/c1-11-3-5-14(9-24-11)29-17-8-13(10-27)26(2)20(18(17)19(23)28)25-16-6-4-12(22)7-15(16)21/h3-9,25H,22H2,1-2H3,(H2,23,28). The topological polar surface area (TPSA) is 124 Å². The number of allylic oxidation sites excluding steroid dienone is 1. The van der Waals surface area contributed by atoms with E-state index in [0.29, 0.717) is 5.75 Å². The fourth-order valence-electron chi connectivity index (χ4n) is 2.66. The summed E-state index contributed by atoms with van der Waals surface area (Å²) in [6, 6.07) is 7.38. The summed E-state index contributed by atoms with van der Waals surface area (Å²) in [5.74, 6) is 0.648. The zero-order valence-corrected chi connectivity index (χ0v) is 15.7. The second-order valence-electron chi connectivity index (χ2n) is 6.24. The molecule has 148 valence electrons. The van der Waals surface area contributed by atoms with Gasteiger partial charge in [0.25, 0.3) is 5.91 Å². The molecule has 0 radical (unpaired) electrons. The first-order valence-corrected chi connectivity index (χ1v) is 8.47. The van der Waals surface area contributed by atoms with Crippen molar-refractivity contribution >= 4 is 23.2 Å². The van der Waals surface area contributed by atoms with Crippen molar-refractivity contribution in [3.63, 3.8) is 0 Å². The quantitative estimate of drug-likeness (QED) is 0.521. The molecule has 0 saturated heterocycles. The molecular weight excluding hydrogens is 377 g/mol. The summed E-state index contributed by atoms with van der Waals surface area (Å²) in [7, 11) is 1.50. The number of aromatic nitrogens is 1. The molecule has 9 heteroatoms. The zero-order valence-electron chi connectivity index (χ0n) is 15.7. The Morgan fingerprint density at radius 1 is 1.31 bits per heavy atom. The number of carbonyl (C=O) groups excluding carboxylic acids is 2. The van der Waals surface area contributed by atoms with E-state index in [1.54, 1.807) is 18.1 Å². The molecule has 0 spiro atoms. The van der Waals surface area contributed by atoms with E-state index < -0.39 is 11.7 Å². The van der Waals surface area contributed by atoms with Crippen LogP contribution in [0.4, 0.5) is 15.8 Å². The Balaban J connectivity index is 2.09. The van der Waals surface area contributed by atoms with Gasteiger partial charge in [0.15, 0.2) is 5.94 Å². The SMILES string of the molecule is Cc1ccc(OC2=CC(=C=O)N(C)C(Nc3ccc(N)cc3F)=C2C(N)=O)cn1. The summed E-state index contributed by atoms with van der Waals surface area (Å²) in [5, 5.41) is 2.78. The molecule has 1 aromatic heterocycles. The lowest BCUT2D eigenvalue weighted by Gasteiger charge is -2.30. The molecule has 2 heterocycles. The molecule has 1 amide bonds. The Labute approximate surface area is 166 Å². The number of carbonyl (C=O) groups is 1. The Morgan fingerprint density at radius 3 is 2.66 bits per heavy atom. The van der Waals surface area contributed by atoms with Gasteiger partial charge < -0.3 is 26.4 Å². The Kier molecular flexibility index (Phi) is 5.34. The number of rotatable bonds is 5. The van der Waals surface area contributed by atoms with Crippen molar-refractivity contribution in [2.45, 2.75) is 6.92 Å².